The van der Waals surface area contributed by atoms with Gasteiger partial charge in [0, 0.05) is 13.3 Å². The molecule has 0 bridgehead atoms. The van der Waals surface area contributed by atoms with Crippen LogP contribution in [-0.2, 0) is 23.1 Å². The van der Waals surface area contributed by atoms with Gasteiger partial charge in [-0.2, -0.15) is 4.98 Å². The fourth-order valence-corrected chi connectivity index (χ4v) is 22.8. The van der Waals surface area contributed by atoms with Crippen molar-refractivity contribution < 1.29 is 28.2 Å². The number of aromatic nitrogens is 2. The van der Waals surface area contributed by atoms with Crippen molar-refractivity contribution in [1.82, 2.24) is 9.55 Å². The zero-order chi connectivity index (χ0) is 29.0. The van der Waals surface area contributed by atoms with Gasteiger partial charge in [-0.25, -0.2) is 4.79 Å². The summed E-state index contributed by atoms with van der Waals surface area (Å²) in [6.07, 6.45) is -1.44. The Morgan fingerprint density at radius 1 is 1.08 bits per heavy atom. The topological polar surface area (TPSA) is 135 Å². The van der Waals surface area contributed by atoms with Crippen molar-refractivity contribution in [2.75, 3.05) is 12.8 Å². The van der Waals surface area contributed by atoms with Crippen molar-refractivity contribution in [3.05, 3.63) is 22.7 Å². The van der Waals surface area contributed by atoms with Gasteiger partial charge in [0.2, 0.25) is 16.6 Å². The normalized spacial score (nSPS) is 30.4. The molecule has 3 heterocycles. The molecular weight excluding hydrogens is 522 g/mol. The number of nitrogens with zero attached hydrogens (tertiary/aromatic N) is 2. The van der Waals surface area contributed by atoms with Crippen LogP contribution in [0.3, 0.4) is 0 Å². The van der Waals surface area contributed by atoms with E-state index in [9.17, 15) is 14.7 Å². The molecule has 0 spiro atoms. The van der Waals surface area contributed by atoms with Gasteiger partial charge in [-0.3, -0.25) is 9.36 Å². The highest BCUT2D eigenvalue weighted by atomic mass is 28.4. The molecule has 3 rings (SSSR count). The van der Waals surface area contributed by atoms with E-state index in [0.29, 0.717) is 0 Å². The molecule has 1 unspecified atom stereocenters. The van der Waals surface area contributed by atoms with Gasteiger partial charge in [-0.05, 0) is 28.2 Å². The summed E-state index contributed by atoms with van der Waals surface area (Å²) in [4.78, 5) is 30.0. The summed E-state index contributed by atoms with van der Waals surface area (Å²) in [5, 5.41) is 11.4. The average molecular weight is 570 g/mol. The molecule has 5 atom stereocenters. The molecule has 2 aliphatic rings. The molecule has 0 saturated carbocycles. The number of methoxy groups -OCH3 is 1. The van der Waals surface area contributed by atoms with Crippen molar-refractivity contribution >= 4 is 28.4 Å². The molecule has 0 amide bonds. The summed E-state index contributed by atoms with van der Waals surface area (Å²) in [5.41, 5.74) is 4.33. The standard InChI is InChI=1S/C26H47N3O7Si2/c1-14(2)23(30)35-24-21-26(32,20(33-11)22(34-21)29-13-12-19(27)28-25(29)31)38(17(7)8,18(9)10)36-37(24,15(3)4)16(5)6/h12-18,20-22,24,32H,1-11H3,(H2,27,28,31)/t20-,21+,22+,24?,26+/m0/s1. The van der Waals surface area contributed by atoms with Crippen molar-refractivity contribution in [2.24, 2.45) is 5.92 Å². The fourth-order valence-electron chi connectivity index (χ4n) is 7.05. The Bertz CT molecular complexity index is 1060. The van der Waals surface area contributed by atoms with E-state index in [2.05, 4.69) is 60.4 Å². The van der Waals surface area contributed by atoms with Gasteiger partial charge in [0.15, 0.2) is 6.23 Å². The van der Waals surface area contributed by atoms with Gasteiger partial charge in [0.05, 0.1) is 5.92 Å². The van der Waals surface area contributed by atoms with E-state index in [4.69, 9.17) is 24.1 Å². The zero-order valence-electron chi connectivity index (χ0n) is 24.7. The summed E-state index contributed by atoms with van der Waals surface area (Å²) >= 11 is 0. The van der Waals surface area contributed by atoms with Crippen molar-refractivity contribution in [1.29, 1.82) is 0 Å². The molecule has 12 heteroatoms. The number of rotatable bonds is 8. The number of aliphatic hydroxyl groups is 1. The number of carbonyl (C=O) groups is 1. The van der Waals surface area contributed by atoms with Gasteiger partial charge in [-0.1, -0.05) is 69.2 Å². The number of hydrogen-bond acceptors (Lipinski definition) is 9. The third-order valence-electron chi connectivity index (χ3n) is 8.72. The molecule has 0 aliphatic carbocycles. The first-order valence-electron chi connectivity index (χ1n) is 13.7. The maximum Gasteiger partial charge on any atom is 0.351 e. The summed E-state index contributed by atoms with van der Waals surface area (Å²) in [5.74, 6) is -0.678. The van der Waals surface area contributed by atoms with Crippen molar-refractivity contribution in [3.63, 3.8) is 0 Å². The molecule has 2 aliphatic heterocycles. The van der Waals surface area contributed by atoms with Gasteiger partial charge in [0.1, 0.15) is 29.0 Å². The van der Waals surface area contributed by atoms with E-state index >= 15 is 0 Å². The molecule has 1 aromatic heterocycles. The minimum absolute atomic E-state index is 0.0395. The first-order chi connectivity index (χ1) is 17.5. The van der Waals surface area contributed by atoms with Gasteiger partial charge in [0.25, 0.3) is 0 Å². The number of nitrogens with two attached hydrogens (primary N) is 1. The predicted octanol–water partition coefficient (Wildman–Crippen LogP) is 3.68. The highest BCUT2D eigenvalue weighted by Crippen LogP contribution is 2.61. The molecular formula is C26H47N3O7Si2. The molecule has 2 saturated heterocycles. The van der Waals surface area contributed by atoms with Crippen LogP contribution in [0.15, 0.2) is 17.1 Å². The lowest BCUT2D eigenvalue weighted by molar-refractivity contribution is -0.164. The first kappa shape index (κ1) is 31.0. The number of anilines is 1. The molecule has 38 heavy (non-hydrogen) atoms. The van der Waals surface area contributed by atoms with E-state index in [-0.39, 0.29) is 39.9 Å². The maximum atomic E-state index is 13.2. The first-order valence-corrected chi connectivity index (χ1v) is 17.9. The second kappa shape index (κ2) is 10.8. The van der Waals surface area contributed by atoms with Crippen LogP contribution in [0.25, 0.3) is 0 Å². The third kappa shape index (κ3) is 4.31. The smallest absolute Gasteiger partial charge is 0.351 e. The van der Waals surface area contributed by atoms with Crippen LogP contribution in [0.2, 0.25) is 22.2 Å². The summed E-state index contributed by atoms with van der Waals surface area (Å²) < 4.78 is 27.9. The molecule has 1 aromatic rings. The second-order valence-electron chi connectivity index (χ2n) is 12.4. The SMILES string of the molecule is CO[C@H]1[C@H](n2ccc(N)nc2=O)O[C@@H]2C(OC(=O)C(C)C)[Si](C(C)C)(C(C)C)O[Si](C(C)C)(C(C)C)[C@@]21O. The Hall–Kier alpha value is -1.58. The average Bonchev–Trinajstić information content (AvgIpc) is 3.10. The monoisotopic (exact) mass is 569 g/mol. The van der Waals surface area contributed by atoms with Crippen LogP contribution in [-0.4, -0.2) is 67.5 Å². The Kier molecular flexibility index (Phi) is 8.78. The lowest BCUT2D eigenvalue weighted by Gasteiger charge is -2.64. The molecule has 0 aromatic carbocycles. The Balaban J connectivity index is 2.41. The lowest BCUT2D eigenvalue weighted by atomic mass is 10.1. The Labute approximate surface area is 228 Å². The summed E-state index contributed by atoms with van der Waals surface area (Å²) in [6, 6.07) is 1.51. The highest BCUT2D eigenvalue weighted by Gasteiger charge is 2.81. The van der Waals surface area contributed by atoms with E-state index in [1.165, 1.54) is 23.9 Å². The highest BCUT2D eigenvalue weighted by molar-refractivity contribution is 6.93. The van der Waals surface area contributed by atoms with Crippen molar-refractivity contribution in [2.45, 2.75) is 121 Å². The molecule has 10 nitrogen and oxygen atoms in total. The molecule has 216 valence electrons. The summed E-state index contributed by atoms with van der Waals surface area (Å²) in [6.45, 7) is 20.3. The maximum absolute atomic E-state index is 13.2. The van der Waals surface area contributed by atoms with Gasteiger partial charge >= 0.3 is 11.7 Å². The number of nitrogen functional groups attached to an aromatic ring is 1. The molecule has 2 fully saturated rings. The van der Waals surface area contributed by atoms with Crippen LogP contribution < -0.4 is 11.4 Å². The van der Waals surface area contributed by atoms with Crippen LogP contribution >= 0.6 is 0 Å². The largest absolute Gasteiger partial charge is 0.460 e. The van der Waals surface area contributed by atoms with Gasteiger partial charge in [-0.15, -0.1) is 0 Å². The number of esters is 1. The van der Waals surface area contributed by atoms with Crippen molar-refractivity contribution in [3.8, 4) is 0 Å². The van der Waals surface area contributed by atoms with E-state index in [1.807, 2.05) is 0 Å². The van der Waals surface area contributed by atoms with E-state index in [0.717, 1.165) is 0 Å². The summed E-state index contributed by atoms with van der Waals surface area (Å²) in [7, 11) is -4.76. The third-order valence-corrected chi connectivity index (χ3v) is 21.7. The minimum atomic E-state index is -3.24. The zero-order valence-corrected chi connectivity index (χ0v) is 26.7. The lowest BCUT2D eigenvalue weighted by Crippen LogP contribution is -2.85. The van der Waals surface area contributed by atoms with Gasteiger partial charge < -0.3 is 29.2 Å². The van der Waals surface area contributed by atoms with Crippen LogP contribution in [0.4, 0.5) is 5.82 Å². The second-order valence-corrected chi connectivity index (χ2v) is 22.4. The van der Waals surface area contributed by atoms with Crippen LogP contribution in [0, 0.1) is 5.92 Å². The van der Waals surface area contributed by atoms with Crippen LogP contribution in [0.1, 0.15) is 75.5 Å². The Morgan fingerprint density at radius 3 is 2.05 bits per heavy atom. The quantitative estimate of drug-likeness (QED) is 0.355. The number of ether oxygens (including phenoxy) is 3. The molecule has 0 radical (unpaired) electrons. The Morgan fingerprint density at radius 2 is 1.63 bits per heavy atom. The molecule has 3 N–H and O–H groups in total. The predicted molar refractivity (Wildman–Crippen MR) is 150 cm³/mol. The number of carbonyl (C=O) groups excluding carboxylic acids is 1. The number of fused-ring (bicyclic) bond motifs is 1. The minimum Gasteiger partial charge on any atom is -0.460 e. The van der Waals surface area contributed by atoms with Crippen LogP contribution in [0.5, 0.6) is 0 Å². The van der Waals surface area contributed by atoms with E-state index < -0.39 is 51.7 Å². The number of hydrogen-bond donors (Lipinski definition) is 2. The fraction of sp³-hybridized carbons (Fsp3) is 0.808. The van der Waals surface area contributed by atoms with E-state index in [1.54, 1.807) is 13.8 Å².